The fourth-order valence-electron chi connectivity index (χ4n) is 3.97. The van der Waals surface area contributed by atoms with Gasteiger partial charge in [-0.05, 0) is 69.2 Å². The standard InChI is InChI=1S/C22H25F6N3O2/c1-13-6-19(31-33-13)12-29-10-14-2-4-15(5-3-14)11-30-20(32)16-7-17(21(23,24)25)9-18(8-16)22(26,27)28/h6-9,14-15,29H,2-5,10-12H2,1H3,(H,30,32). The number of hydrogen-bond donors (Lipinski definition) is 2. The Bertz CT molecular complexity index is 914. The number of alkyl halides is 6. The van der Waals surface area contributed by atoms with Crippen LogP contribution in [-0.2, 0) is 18.9 Å². The highest BCUT2D eigenvalue weighted by Crippen LogP contribution is 2.36. The number of nitrogens with one attached hydrogen (secondary N) is 2. The van der Waals surface area contributed by atoms with Gasteiger partial charge in [0.2, 0.25) is 0 Å². The monoisotopic (exact) mass is 477 g/mol. The van der Waals surface area contributed by atoms with E-state index in [2.05, 4.69) is 15.8 Å². The summed E-state index contributed by atoms with van der Waals surface area (Å²) in [5.74, 6) is 0.367. The summed E-state index contributed by atoms with van der Waals surface area (Å²) in [5, 5.41) is 9.74. The van der Waals surface area contributed by atoms with E-state index in [0.717, 1.165) is 43.7 Å². The molecule has 1 aromatic carbocycles. The first-order valence-electron chi connectivity index (χ1n) is 10.6. The second kappa shape index (κ2) is 10.1. The summed E-state index contributed by atoms with van der Waals surface area (Å²) in [6.07, 6.45) is -6.54. The molecule has 182 valence electrons. The van der Waals surface area contributed by atoms with E-state index in [4.69, 9.17) is 4.52 Å². The molecular weight excluding hydrogens is 452 g/mol. The average molecular weight is 477 g/mol. The molecule has 33 heavy (non-hydrogen) atoms. The van der Waals surface area contributed by atoms with Gasteiger partial charge in [-0.15, -0.1) is 0 Å². The zero-order valence-electron chi connectivity index (χ0n) is 17.9. The predicted molar refractivity (Wildman–Crippen MR) is 107 cm³/mol. The van der Waals surface area contributed by atoms with Crippen molar-refractivity contribution in [2.45, 2.75) is 51.5 Å². The molecule has 1 aliphatic carbocycles. The maximum absolute atomic E-state index is 13.0. The number of hydrogen-bond acceptors (Lipinski definition) is 4. The molecule has 2 N–H and O–H groups in total. The quantitative estimate of drug-likeness (QED) is 0.528. The first kappa shape index (κ1) is 25.1. The Morgan fingerprint density at radius 3 is 1.97 bits per heavy atom. The van der Waals surface area contributed by atoms with Crippen LogP contribution in [0.3, 0.4) is 0 Å². The second-order valence-corrected chi connectivity index (χ2v) is 8.45. The molecule has 1 heterocycles. The van der Waals surface area contributed by atoms with Gasteiger partial charge in [0.25, 0.3) is 5.91 Å². The summed E-state index contributed by atoms with van der Waals surface area (Å²) in [4.78, 5) is 12.3. The Morgan fingerprint density at radius 1 is 0.939 bits per heavy atom. The van der Waals surface area contributed by atoms with Crippen LogP contribution < -0.4 is 10.6 Å². The predicted octanol–water partition coefficient (Wildman–Crippen LogP) is 5.35. The summed E-state index contributed by atoms with van der Waals surface area (Å²) in [6, 6.07) is 2.76. The molecule has 1 aromatic heterocycles. The fourth-order valence-corrected chi connectivity index (χ4v) is 3.97. The summed E-state index contributed by atoms with van der Waals surface area (Å²) < 4.78 is 82.9. The Kier molecular flexibility index (Phi) is 7.71. The Balaban J connectivity index is 1.48. The van der Waals surface area contributed by atoms with Crippen molar-refractivity contribution in [1.29, 1.82) is 0 Å². The van der Waals surface area contributed by atoms with Crippen molar-refractivity contribution < 1.29 is 35.7 Å². The minimum Gasteiger partial charge on any atom is -0.361 e. The molecule has 5 nitrogen and oxygen atoms in total. The second-order valence-electron chi connectivity index (χ2n) is 8.45. The van der Waals surface area contributed by atoms with E-state index in [1.165, 1.54) is 0 Å². The number of aryl methyl sites for hydroxylation is 1. The van der Waals surface area contributed by atoms with Crippen molar-refractivity contribution in [1.82, 2.24) is 15.8 Å². The normalized spacial score (nSPS) is 19.5. The van der Waals surface area contributed by atoms with E-state index < -0.39 is 35.0 Å². The average Bonchev–Trinajstić information content (AvgIpc) is 3.16. The lowest BCUT2D eigenvalue weighted by Gasteiger charge is -2.28. The molecule has 0 aliphatic heterocycles. The molecule has 1 saturated carbocycles. The molecule has 11 heteroatoms. The van der Waals surface area contributed by atoms with Gasteiger partial charge in [-0.3, -0.25) is 4.79 Å². The molecule has 0 atom stereocenters. The maximum atomic E-state index is 13.0. The molecule has 0 radical (unpaired) electrons. The van der Waals surface area contributed by atoms with Crippen molar-refractivity contribution in [3.8, 4) is 0 Å². The Labute approximate surface area is 186 Å². The van der Waals surface area contributed by atoms with Gasteiger partial charge in [0, 0.05) is 24.7 Å². The van der Waals surface area contributed by atoms with Gasteiger partial charge in [-0.1, -0.05) is 5.16 Å². The van der Waals surface area contributed by atoms with Gasteiger partial charge < -0.3 is 15.2 Å². The Hall–Kier alpha value is -2.56. The van der Waals surface area contributed by atoms with E-state index in [0.29, 0.717) is 24.6 Å². The summed E-state index contributed by atoms with van der Waals surface area (Å²) in [7, 11) is 0. The summed E-state index contributed by atoms with van der Waals surface area (Å²) in [5.41, 5.74) is -2.84. The topological polar surface area (TPSA) is 67.2 Å². The van der Waals surface area contributed by atoms with E-state index in [1.54, 1.807) is 0 Å². The van der Waals surface area contributed by atoms with Crippen LogP contribution in [0.2, 0.25) is 0 Å². The highest BCUT2D eigenvalue weighted by Gasteiger charge is 2.37. The number of carbonyl (C=O) groups excluding carboxylic acids is 1. The lowest BCUT2D eigenvalue weighted by molar-refractivity contribution is -0.143. The van der Waals surface area contributed by atoms with E-state index in [-0.39, 0.29) is 18.5 Å². The molecule has 0 spiro atoms. The number of rotatable bonds is 7. The summed E-state index contributed by atoms with van der Waals surface area (Å²) >= 11 is 0. The third kappa shape index (κ3) is 7.21. The van der Waals surface area contributed by atoms with Crippen LogP contribution in [0.5, 0.6) is 0 Å². The van der Waals surface area contributed by atoms with Crippen molar-refractivity contribution in [3.05, 3.63) is 52.4 Å². The van der Waals surface area contributed by atoms with Gasteiger partial charge in [0.1, 0.15) is 5.76 Å². The minimum absolute atomic E-state index is 0.00980. The van der Waals surface area contributed by atoms with Crippen molar-refractivity contribution in [2.75, 3.05) is 13.1 Å². The van der Waals surface area contributed by atoms with Gasteiger partial charge in [0.05, 0.1) is 16.8 Å². The van der Waals surface area contributed by atoms with Crippen LogP contribution >= 0.6 is 0 Å². The zero-order valence-corrected chi connectivity index (χ0v) is 17.9. The number of halogens is 6. The van der Waals surface area contributed by atoms with Gasteiger partial charge in [0.15, 0.2) is 0 Å². The lowest BCUT2D eigenvalue weighted by atomic mass is 9.82. The molecule has 0 bridgehead atoms. The zero-order chi connectivity index (χ0) is 24.2. The SMILES string of the molecule is Cc1cc(CNCC2CCC(CNC(=O)c3cc(C(F)(F)F)cc(C(F)(F)F)c3)CC2)no1. The number of amides is 1. The van der Waals surface area contributed by atoms with Crippen LogP contribution in [0.4, 0.5) is 26.3 Å². The van der Waals surface area contributed by atoms with Crippen LogP contribution in [0.15, 0.2) is 28.8 Å². The van der Waals surface area contributed by atoms with E-state index in [1.807, 2.05) is 13.0 Å². The van der Waals surface area contributed by atoms with Crippen LogP contribution in [0.1, 0.15) is 58.6 Å². The first-order valence-corrected chi connectivity index (χ1v) is 10.6. The summed E-state index contributed by atoms with van der Waals surface area (Å²) in [6.45, 7) is 3.42. The minimum atomic E-state index is -4.99. The van der Waals surface area contributed by atoms with Crippen molar-refractivity contribution in [2.24, 2.45) is 11.8 Å². The van der Waals surface area contributed by atoms with Crippen LogP contribution in [0, 0.1) is 18.8 Å². The number of nitrogens with zero attached hydrogens (tertiary/aromatic N) is 1. The smallest absolute Gasteiger partial charge is 0.361 e. The third-order valence-corrected chi connectivity index (χ3v) is 5.78. The molecule has 2 aromatic rings. The molecule has 1 amide bonds. The lowest BCUT2D eigenvalue weighted by Crippen LogP contribution is -2.33. The fraction of sp³-hybridized carbons (Fsp3) is 0.545. The molecular formula is C22H25F6N3O2. The van der Waals surface area contributed by atoms with Crippen LogP contribution in [0.25, 0.3) is 0 Å². The van der Waals surface area contributed by atoms with E-state index in [9.17, 15) is 31.1 Å². The molecule has 3 rings (SSSR count). The number of carbonyl (C=O) groups is 1. The van der Waals surface area contributed by atoms with Gasteiger partial charge in [-0.25, -0.2) is 0 Å². The van der Waals surface area contributed by atoms with Crippen molar-refractivity contribution in [3.63, 3.8) is 0 Å². The maximum Gasteiger partial charge on any atom is 0.416 e. The Morgan fingerprint density at radius 2 is 1.48 bits per heavy atom. The molecule has 0 unspecified atom stereocenters. The van der Waals surface area contributed by atoms with Gasteiger partial charge in [-0.2, -0.15) is 26.3 Å². The first-order chi connectivity index (χ1) is 15.4. The third-order valence-electron chi connectivity index (χ3n) is 5.78. The highest BCUT2D eigenvalue weighted by molar-refractivity contribution is 5.94. The molecule has 0 saturated heterocycles. The molecule has 1 aliphatic rings. The number of benzene rings is 1. The highest BCUT2D eigenvalue weighted by atomic mass is 19.4. The number of aromatic nitrogens is 1. The van der Waals surface area contributed by atoms with Gasteiger partial charge >= 0.3 is 12.4 Å². The van der Waals surface area contributed by atoms with E-state index >= 15 is 0 Å². The molecule has 1 fully saturated rings. The largest absolute Gasteiger partial charge is 0.416 e. The van der Waals surface area contributed by atoms with Crippen LogP contribution in [-0.4, -0.2) is 24.2 Å². The van der Waals surface area contributed by atoms with Crippen molar-refractivity contribution >= 4 is 5.91 Å².